The third kappa shape index (κ3) is 3.06. The summed E-state index contributed by atoms with van der Waals surface area (Å²) in [7, 11) is 0. The van der Waals surface area contributed by atoms with Gasteiger partial charge in [-0.3, -0.25) is 0 Å². The molecule has 0 saturated carbocycles. The second-order valence-electron chi connectivity index (χ2n) is 5.95. The lowest BCUT2D eigenvalue weighted by Crippen LogP contribution is -2.27. The van der Waals surface area contributed by atoms with Crippen molar-refractivity contribution in [1.82, 2.24) is 0 Å². The summed E-state index contributed by atoms with van der Waals surface area (Å²) in [6.07, 6.45) is -2.33. The standard InChI is InChI=1S/C15H20F2O2/c1-10(2)15(16,17)18-9-12-7-5-6-11-8-14(3,4)19-13(11)12/h5-7,10H,8-9H2,1-4H3. The average Bonchev–Trinajstić information content (AvgIpc) is 2.60. The SMILES string of the molecule is CC(C)C(F)(F)OCc1cccc2c1OC(C)(C)C2. The summed E-state index contributed by atoms with van der Waals surface area (Å²) in [4.78, 5) is 0. The summed E-state index contributed by atoms with van der Waals surface area (Å²) in [5.41, 5.74) is 1.46. The van der Waals surface area contributed by atoms with E-state index < -0.39 is 12.0 Å². The van der Waals surface area contributed by atoms with E-state index in [0.29, 0.717) is 11.3 Å². The normalized spacial score (nSPS) is 17.4. The van der Waals surface area contributed by atoms with Crippen molar-refractivity contribution >= 4 is 0 Å². The monoisotopic (exact) mass is 270 g/mol. The molecule has 0 radical (unpaired) electrons. The molecule has 0 atom stereocenters. The molecule has 1 heterocycles. The topological polar surface area (TPSA) is 18.5 Å². The first kappa shape index (κ1) is 14.3. The van der Waals surface area contributed by atoms with Crippen molar-refractivity contribution in [3.63, 3.8) is 0 Å². The van der Waals surface area contributed by atoms with Gasteiger partial charge in [0.25, 0.3) is 0 Å². The molecule has 0 saturated heterocycles. The Morgan fingerprint density at radius 3 is 2.68 bits per heavy atom. The van der Waals surface area contributed by atoms with Gasteiger partial charge in [0.1, 0.15) is 11.4 Å². The van der Waals surface area contributed by atoms with Crippen molar-refractivity contribution in [2.75, 3.05) is 0 Å². The molecule has 0 spiro atoms. The molecule has 0 N–H and O–H groups in total. The number of benzene rings is 1. The van der Waals surface area contributed by atoms with Crippen LogP contribution in [-0.2, 0) is 17.8 Å². The minimum absolute atomic E-state index is 0.134. The van der Waals surface area contributed by atoms with Crippen molar-refractivity contribution < 1.29 is 18.3 Å². The van der Waals surface area contributed by atoms with Crippen LogP contribution in [0.5, 0.6) is 5.75 Å². The minimum Gasteiger partial charge on any atom is -0.487 e. The fourth-order valence-corrected chi connectivity index (χ4v) is 2.13. The first-order valence-corrected chi connectivity index (χ1v) is 6.53. The Labute approximate surface area is 112 Å². The predicted octanol–water partition coefficient (Wildman–Crippen LogP) is 4.17. The summed E-state index contributed by atoms with van der Waals surface area (Å²) in [5.74, 6) is -0.145. The van der Waals surface area contributed by atoms with E-state index in [1.54, 1.807) is 6.07 Å². The molecule has 0 amide bonds. The van der Waals surface area contributed by atoms with Crippen LogP contribution in [0.25, 0.3) is 0 Å². The van der Waals surface area contributed by atoms with E-state index in [9.17, 15) is 8.78 Å². The maximum Gasteiger partial charge on any atom is 0.358 e. The maximum absolute atomic E-state index is 13.5. The summed E-state index contributed by atoms with van der Waals surface area (Å²) in [6.45, 7) is 6.72. The molecule has 4 heteroatoms. The van der Waals surface area contributed by atoms with Crippen LogP contribution in [-0.4, -0.2) is 11.7 Å². The zero-order chi connectivity index (χ0) is 14.3. The molecule has 2 nitrogen and oxygen atoms in total. The van der Waals surface area contributed by atoms with Crippen LogP contribution < -0.4 is 4.74 Å². The first-order valence-electron chi connectivity index (χ1n) is 6.53. The number of rotatable bonds is 4. The highest BCUT2D eigenvalue weighted by Gasteiger charge is 2.36. The molecule has 19 heavy (non-hydrogen) atoms. The Balaban J connectivity index is 2.14. The molecule has 1 aliphatic rings. The van der Waals surface area contributed by atoms with Crippen molar-refractivity contribution in [3.8, 4) is 5.75 Å². The molecular weight excluding hydrogens is 250 g/mol. The fourth-order valence-electron chi connectivity index (χ4n) is 2.13. The van der Waals surface area contributed by atoms with Gasteiger partial charge < -0.3 is 9.47 Å². The van der Waals surface area contributed by atoms with E-state index in [1.165, 1.54) is 13.8 Å². The minimum atomic E-state index is -3.11. The Kier molecular flexibility index (Phi) is 3.56. The zero-order valence-corrected chi connectivity index (χ0v) is 11.8. The van der Waals surface area contributed by atoms with E-state index in [-0.39, 0.29) is 12.2 Å². The van der Waals surface area contributed by atoms with Gasteiger partial charge in [0, 0.05) is 17.9 Å². The number of alkyl halides is 2. The van der Waals surface area contributed by atoms with Gasteiger partial charge in [0.15, 0.2) is 0 Å². The molecule has 106 valence electrons. The summed E-state index contributed by atoms with van der Waals surface area (Å²) < 4.78 is 37.5. The molecule has 0 unspecified atom stereocenters. The van der Waals surface area contributed by atoms with Crippen LogP contribution in [0.4, 0.5) is 8.78 Å². The maximum atomic E-state index is 13.5. The Morgan fingerprint density at radius 1 is 1.37 bits per heavy atom. The van der Waals surface area contributed by atoms with Crippen LogP contribution in [0.1, 0.15) is 38.8 Å². The highest BCUT2D eigenvalue weighted by molar-refractivity contribution is 5.45. The van der Waals surface area contributed by atoms with Crippen LogP contribution >= 0.6 is 0 Å². The van der Waals surface area contributed by atoms with Gasteiger partial charge >= 0.3 is 6.11 Å². The summed E-state index contributed by atoms with van der Waals surface area (Å²) in [6, 6.07) is 5.60. The number of ether oxygens (including phenoxy) is 2. The quantitative estimate of drug-likeness (QED) is 0.817. The van der Waals surface area contributed by atoms with Gasteiger partial charge in [-0.15, -0.1) is 0 Å². The Morgan fingerprint density at radius 2 is 2.05 bits per heavy atom. The molecule has 0 aliphatic carbocycles. The lowest BCUT2D eigenvalue weighted by atomic mass is 10.0. The van der Waals surface area contributed by atoms with Crippen molar-refractivity contribution in [2.24, 2.45) is 5.92 Å². The van der Waals surface area contributed by atoms with Gasteiger partial charge in [-0.05, 0) is 19.4 Å². The summed E-state index contributed by atoms with van der Waals surface area (Å²) in [5, 5.41) is 0. The molecule has 0 bridgehead atoms. The second-order valence-corrected chi connectivity index (χ2v) is 5.95. The third-order valence-electron chi connectivity index (χ3n) is 3.26. The molecule has 0 fully saturated rings. The predicted molar refractivity (Wildman–Crippen MR) is 69.4 cm³/mol. The first-order chi connectivity index (χ1) is 8.71. The molecule has 2 rings (SSSR count). The van der Waals surface area contributed by atoms with E-state index in [4.69, 9.17) is 9.47 Å². The molecule has 0 aromatic heterocycles. The number of halogens is 2. The average molecular weight is 270 g/mol. The number of fused-ring (bicyclic) bond motifs is 1. The highest BCUT2D eigenvalue weighted by Crippen LogP contribution is 2.38. The number of para-hydroxylation sites is 1. The van der Waals surface area contributed by atoms with E-state index in [1.807, 2.05) is 26.0 Å². The highest BCUT2D eigenvalue weighted by atomic mass is 19.3. The Bertz CT molecular complexity index is 467. The van der Waals surface area contributed by atoms with E-state index in [0.717, 1.165) is 12.0 Å². The molecular formula is C15H20F2O2. The number of hydrogen-bond acceptors (Lipinski definition) is 2. The third-order valence-corrected chi connectivity index (χ3v) is 3.26. The zero-order valence-electron chi connectivity index (χ0n) is 11.8. The van der Waals surface area contributed by atoms with Gasteiger partial charge in [-0.25, -0.2) is 0 Å². The number of hydrogen-bond donors (Lipinski definition) is 0. The summed E-state index contributed by atoms with van der Waals surface area (Å²) >= 11 is 0. The van der Waals surface area contributed by atoms with Crippen LogP contribution in [0.15, 0.2) is 18.2 Å². The van der Waals surface area contributed by atoms with E-state index >= 15 is 0 Å². The van der Waals surface area contributed by atoms with E-state index in [2.05, 4.69) is 0 Å². The van der Waals surface area contributed by atoms with Crippen LogP contribution in [0.2, 0.25) is 0 Å². The van der Waals surface area contributed by atoms with Gasteiger partial charge in [-0.2, -0.15) is 8.78 Å². The molecule has 1 aromatic carbocycles. The lowest BCUT2D eigenvalue weighted by Gasteiger charge is -2.22. The smallest absolute Gasteiger partial charge is 0.358 e. The van der Waals surface area contributed by atoms with Crippen molar-refractivity contribution in [1.29, 1.82) is 0 Å². The molecule has 1 aromatic rings. The fraction of sp³-hybridized carbons (Fsp3) is 0.600. The van der Waals surface area contributed by atoms with Gasteiger partial charge in [0.2, 0.25) is 0 Å². The van der Waals surface area contributed by atoms with Crippen molar-refractivity contribution in [2.45, 2.75) is 52.4 Å². The van der Waals surface area contributed by atoms with Gasteiger partial charge in [-0.1, -0.05) is 32.0 Å². The molecule has 1 aliphatic heterocycles. The lowest BCUT2D eigenvalue weighted by molar-refractivity contribution is -0.271. The van der Waals surface area contributed by atoms with Gasteiger partial charge in [0.05, 0.1) is 6.61 Å². The van der Waals surface area contributed by atoms with Crippen LogP contribution in [0, 0.1) is 5.92 Å². The Hall–Kier alpha value is -1.16. The largest absolute Gasteiger partial charge is 0.487 e. The van der Waals surface area contributed by atoms with Crippen molar-refractivity contribution in [3.05, 3.63) is 29.3 Å². The van der Waals surface area contributed by atoms with Crippen LogP contribution in [0.3, 0.4) is 0 Å². The second kappa shape index (κ2) is 4.75.